The number of benzene rings is 3. The van der Waals surface area contributed by atoms with Crippen LogP contribution >= 0.6 is 0 Å². The van der Waals surface area contributed by atoms with E-state index in [1.807, 2.05) is 41.0 Å². The maximum absolute atomic E-state index is 7.38. The average molecular weight is 605 g/mol. The van der Waals surface area contributed by atoms with E-state index >= 15 is 0 Å². The van der Waals surface area contributed by atoms with Gasteiger partial charge >= 0.3 is 0 Å². The molecular formula is C35H38N5O3Si. The molecule has 5 aromatic rings. The van der Waals surface area contributed by atoms with Crippen molar-refractivity contribution < 1.29 is 13.9 Å². The summed E-state index contributed by atoms with van der Waals surface area (Å²) in [6.07, 6.45) is 4.31. The molecule has 1 fully saturated rings. The first-order valence-corrected chi connectivity index (χ1v) is 16.3. The van der Waals surface area contributed by atoms with Gasteiger partial charge in [-0.25, -0.2) is 15.0 Å². The largest absolute Gasteiger partial charge is 0.400 e. The maximum atomic E-state index is 7.38. The number of aromatic nitrogens is 4. The topological polar surface area (TPSA) is 97.3 Å². The molecule has 225 valence electrons. The van der Waals surface area contributed by atoms with Gasteiger partial charge in [0.05, 0.1) is 25.1 Å². The second-order valence-corrected chi connectivity index (χ2v) is 14.2. The fourth-order valence-corrected chi connectivity index (χ4v) is 8.38. The van der Waals surface area contributed by atoms with Crippen molar-refractivity contribution in [3.8, 4) is 0 Å². The quantitative estimate of drug-likeness (QED) is 0.176. The third-order valence-electron chi connectivity index (χ3n) is 8.07. The van der Waals surface area contributed by atoms with Crippen molar-refractivity contribution in [3.05, 3.63) is 122 Å². The molecule has 1 aliphatic heterocycles. The molecule has 2 aromatic heterocycles. The van der Waals surface area contributed by atoms with Crippen LogP contribution in [0.5, 0.6) is 0 Å². The number of hydrogen-bond acceptors (Lipinski definition) is 7. The number of imidazole rings is 1. The molecular weight excluding hydrogens is 567 g/mol. The average Bonchev–Trinajstić information content (AvgIpc) is 3.64. The number of rotatable bonds is 10. The van der Waals surface area contributed by atoms with Crippen LogP contribution in [0.2, 0.25) is 0 Å². The second-order valence-electron chi connectivity index (χ2n) is 12.2. The van der Waals surface area contributed by atoms with E-state index in [4.69, 9.17) is 19.6 Å². The Bertz CT molecular complexity index is 1650. The summed E-state index contributed by atoms with van der Waals surface area (Å²) in [6, 6.07) is 31.1. The minimum Gasteiger partial charge on any atom is -0.400 e. The standard InChI is InChI=1S/C35H38N5O3Si/c1-5-35(33(34(2,3)4)43-44(26-17-11-7-12-18-26)27-19-13-8-14-20-27)28(41-22-25-15-9-6-10-16-25)21-29(42-35)40-24-39-30-31(36)37-23-38-32(30)40/h5-20,23-24,28-29,33H,1,21-22H2,2-4H3,(H2,36,37,38). The zero-order valence-electron chi connectivity index (χ0n) is 25.3. The lowest BCUT2D eigenvalue weighted by molar-refractivity contribution is -0.165. The first kappa shape index (κ1) is 29.9. The van der Waals surface area contributed by atoms with E-state index in [-0.39, 0.29) is 11.5 Å². The van der Waals surface area contributed by atoms with Gasteiger partial charge in [-0.1, -0.05) is 118 Å². The number of nitrogens with zero attached hydrogens (tertiary/aromatic N) is 4. The van der Waals surface area contributed by atoms with Crippen molar-refractivity contribution in [2.75, 3.05) is 5.73 Å². The lowest BCUT2D eigenvalue weighted by Crippen LogP contribution is -2.60. The molecule has 9 heteroatoms. The first-order chi connectivity index (χ1) is 21.3. The van der Waals surface area contributed by atoms with E-state index in [0.29, 0.717) is 30.0 Å². The normalized spacial score (nSPS) is 21.1. The predicted octanol–water partition coefficient (Wildman–Crippen LogP) is 5.07. The Labute approximate surface area is 260 Å². The number of ether oxygens (including phenoxy) is 2. The van der Waals surface area contributed by atoms with E-state index in [1.165, 1.54) is 6.33 Å². The third kappa shape index (κ3) is 5.83. The highest BCUT2D eigenvalue weighted by molar-refractivity contribution is 6.80. The molecule has 0 saturated carbocycles. The van der Waals surface area contributed by atoms with Crippen LogP contribution in [-0.4, -0.2) is 46.4 Å². The van der Waals surface area contributed by atoms with Gasteiger partial charge in [-0.2, -0.15) is 0 Å². The van der Waals surface area contributed by atoms with Gasteiger partial charge in [0.1, 0.15) is 23.7 Å². The van der Waals surface area contributed by atoms with Crippen LogP contribution in [-0.2, 0) is 20.5 Å². The SMILES string of the molecule is C=CC1(C(O[Si](c2ccccc2)c2ccccc2)C(C)(C)C)OC(n2cnc3c(N)ncnc32)CC1OCc1ccccc1. The number of nitrogen functional groups attached to an aromatic ring is 1. The molecule has 4 unspecified atom stereocenters. The molecule has 0 amide bonds. The highest BCUT2D eigenvalue weighted by atomic mass is 28.3. The van der Waals surface area contributed by atoms with Gasteiger partial charge in [-0.15, -0.1) is 6.58 Å². The molecule has 1 aliphatic rings. The molecule has 4 atom stereocenters. The molecule has 2 N–H and O–H groups in total. The zero-order valence-corrected chi connectivity index (χ0v) is 26.3. The maximum Gasteiger partial charge on any atom is 0.283 e. The lowest BCUT2D eigenvalue weighted by atomic mass is 9.76. The van der Waals surface area contributed by atoms with Crippen LogP contribution in [0.15, 0.2) is 116 Å². The van der Waals surface area contributed by atoms with E-state index in [2.05, 4.69) is 103 Å². The van der Waals surface area contributed by atoms with Crippen LogP contribution in [0.4, 0.5) is 5.82 Å². The highest BCUT2D eigenvalue weighted by Crippen LogP contribution is 2.48. The summed E-state index contributed by atoms with van der Waals surface area (Å²) >= 11 is 0. The fourth-order valence-electron chi connectivity index (χ4n) is 6.01. The number of anilines is 1. The summed E-state index contributed by atoms with van der Waals surface area (Å²) in [5.74, 6) is 0.326. The molecule has 3 aromatic carbocycles. The molecule has 0 aliphatic carbocycles. The summed E-state index contributed by atoms with van der Waals surface area (Å²) in [5, 5.41) is 2.31. The van der Waals surface area contributed by atoms with Crippen molar-refractivity contribution in [1.82, 2.24) is 19.5 Å². The van der Waals surface area contributed by atoms with Crippen molar-refractivity contribution in [2.24, 2.45) is 5.41 Å². The van der Waals surface area contributed by atoms with Crippen LogP contribution in [0.3, 0.4) is 0 Å². The Kier molecular flexibility index (Phi) is 8.46. The molecule has 8 nitrogen and oxygen atoms in total. The fraction of sp³-hybridized carbons (Fsp3) is 0.286. The van der Waals surface area contributed by atoms with Crippen LogP contribution in [0.1, 0.15) is 39.0 Å². The minimum absolute atomic E-state index is 0.326. The first-order valence-electron chi connectivity index (χ1n) is 14.8. The number of hydrogen-bond donors (Lipinski definition) is 1. The van der Waals surface area contributed by atoms with Gasteiger partial charge in [0.15, 0.2) is 11.5 Å². The molecule has 44 heavy (non-hydrogen) atoms. The van der Waals surface area contributed by atoms with E-state index in [1.54, 1.807) is 6.33 Å². The summed E-state index contributed by atoms with van der Waals surface area (Å²) in [5.41, 5.74) is 6.99. The van der Waals surface area contributed by atoms with Crippen molar-refractivity contribution in [3.63, 3.8) is 0 Å². The Balaban J connectivity index is 1.44. The lowest BCUT2D eigenvalue weighted by Gasteiger charge is -2.46. The van der Waals surface area contributed by atoms with Gasteiger partial charge in [-0.05, 0) is 21.4 Å². The molecule has 6 rings (SSSR count). The van der Waals surface area contributed by atoms with E-state index in [0.717, 1.165) is 15.9 Å². The van der Waals surface area contributed by atoms with Gasteiger partial charge in [-0.3, -0.25) is 4.57 Å². The smallest absolute Gasteiger partial charge is 0.283 e. The Morgan fingerprint density at radius 2 is 1.59 bits per heavy atom. The Morgan fingerprint density at radius 1 is 0.977 bits per heavy atom. The molecule has 0 bridgehead atoms. The van der Waals surface area contributed by atoms with Crippen molar-refractivity contribution in [1.29, 1.82) is 0 Å². The minimum atomic E-state index is -1.70. The summed E-state index contributed by atoms with van der Waals surface area (Å²) < 4.78 is 23.2. The molecule has 0 spiro atoms. The number of fused-ring (bicyclic) bond motifs is 1. The van der Waals surface area contributed by atoms with Crippen LogP contribution < -0.4 is 16.1 Å². The third-order valence-corrected chi connectivity index (χ3v) is 10.3. The van der Waals surface area contributed by atoms with Crippen molar-refractivity contribution in [2.45, 2.75) is 57.8 Å². The second kappa shape index (κ2) is 12.5. The van der Waals surface area contributed by atoms with Crippen LogP contribution in [0, 0.1) is 5.41 Å². The van der Waals surface area contributed by atoms with Gasteiger partial charge in [0, 0.05) is 6.42 Å². The summed E-state index contributed by atoms with van der Waals surface area (Å²) in [7, 11) is -1.70. The van der Waals surface area contributed by atoms with E-state index in [9.17, 15) is 0 Å². The summed E-state index contributed by atoms with van der Waals surface area (Å²) in [6.45, 7) is 11.3. The Morgan fingerprint density at radius 3 is 2.18 bits per heavy atom. The highest BCUT2D eigenvalue weighted by Gasteiger charge is 2.58. The van der Waals surface area contributed by atoms with Crippen molar-refractivity contribution >= 4 is 36.4 Å². The zero-order chi connectivity index (χ0) is 30.7. The van der Waals surface area contributed by atoms with Gasteiger partial charge in [0.25, 0.3) is 9.04 Å². The number of nitrogens with two attached hydrogens (primary N) is 1. The summed E-state index contributed by atoms with van der Waals surface area (Å²) in [4.78, 5) is 13.1. The van der Waals surface area contributed by atoms with Gasteiger partial charge < -0.3 is 19.6 Å². The monoisotopic (exact) mass is 604 g/mol. The van der Waals surface area contributed by atoms with Gasteiger partial charge in [0.2, 0.25) is 0 Å². The van der Waals surface area contributed by atoms with E-state index < -0.39 is 27.0 Å². The Hall–Kier alpha value is -4.15. The molecule has 1 radical (unpaired) electrons. The molecule has 3 heterocycles. The van der Waals surface area contributed by atoms with Crippen LogP contribution in [0.25, 0.3) is 11.2 Å². The molecule has 1 saturated heterocycles. The predicted molar refractivity (Wildman–Crippen MR) is 175 cm³/mol.